The summed E-state index contributed by atoms with van der Waals surface area (Å²) in [5, 5.41) is 2.03. The molecule has 0 spiro atoms. The van der Waals surface area contributed by atoms with Crippen LogP contribution in [0.3, 0.4) is 0 Å². The molecule has 1 heterocycles. The number of benzene rings is 3. The fourth-order valence-electron chi connectivity index (χ4n) is 3.67. The Morgan fingerprint density at radius 3 is 2.04 bits per heavy atom. The Morgan fingerprint density at radius 2 is 1.42 bits per heavy atom. The molecule has 0 saturated carbocycles. The predicted molar refractivity (Wildman–Crippen MR) is 113 cm³/mol. The molecule has 0 fully saturated rings. The van der Waals surface area contributed by atoms with Crippen molar-refractivity contribution in [2.75, 3.05) is 0 Å². The molecule has 1 nitrogen and oxygen atoms in total. The number of rotatable bonds is 4. The average Bonchev–Trinajstić information content (AvgIpc) is 2.96. The summed E-state index contributed by atoms with van der Waals surface area (Å²) in [6, 6.07) is 27.6. The van der Waals surface area contributed by atoms with Gasteiger partial charge in [0, 0.05) is 22.5 Å². The number of nitrogens with zero attached hydrogens (tertiary/aromatic N) is 1. The molecule has 0 bridgehead atoms. The Labute approximate surface area is 159 Å². The van der Waals surface area contributed by atoms with Crippen LogP contribution in [0.4, 0.5) is 0 Å². The van der Waals surface area contributed by atoms with Gasteiger partial charge in [-0.2, -0.15) is 0 Å². The van der Waals surface area contributed by atoms with Gasteiger partial charge in [-0.25, -0.2) is 0 Å². The van der Waals surface area contributed by atoms with Gasteiger partial charge >= 0.3 is 0 Å². The van der Waals surface area contributed by atoms with Gasteiger partial charge in [0.1, 0.15) is 0 Å². The van der Waals surface area contributed by atoms with Gasteiger partial charge in [-0.1, -0.05) is 92.2 Å². The molecule has 4 rings (SSSR count). The number of hydrogen-bond acceptors (Lipinski definition) is 0. The Bertz CT molecular complexity index is 1030. The summed E-state index contributed by atoms with van der Waals surface area (Å²) < 4.78 is 2.43. The molecule has 130 valence electrons. The third-order valence-corrected chi connectivity index (χ3v) is 4.92. The lowest BCUT2D eigenvalue weighted by Crippen LogP contribution is -2.06. The lowest BCUT2D eigenvalue weighted by Gasteiger charge is -2.15. The van der Waals surface area contributed by atoms with Crippen LogP contribution in [0, 0.1) is 5.92 Å². The van der Waals surface area contributed by atoms with Crippen molar-refractivity contribution in [3.8, 4) is 22.4 Å². The number of hydrogen-bond donors (Lipinski definition) is 0. The molecule has 26 heavy (non-hydrogen) atoms. The maximum atomic E-state index is 6.37. The van der Waals surface area contributed by atoms with Gasteiger partial charge in [-0.3, -0.25) is 0 Å². The summed E-state index contributed by atoms with van der Waals surface area (Å²) in [5.41, 5.74) is 6.22. The van der Waals surface area contributed by atoms with E-state index in [1.165, 1.54) is 33.3 Å². The van der Waals surface area contributed by atoms with Crippen LogP contribution >= 0.6 is 11.6 Å². The van der Waals surface area contributed by atoms with Crippen LogP contribution in [0.15, 0.2) is 78.9 Å². The minimum Gasteiger partial charge on any atom is -0.340 e. The molecule has 0 amide bonds. The zero-order chi connectivity index (χ0) is 18.1. The molecule has 0 atom stereocenters. The zero-order valence-electron chi connectivity index (χ0n) is 15.1. The first-order valence-corrected chi connectivity index (χ1v) is 9.45. The molecule has 0 aliphatic carbocycles. The van der Waals surface area contributed by atoms with Crippen molar-refractivity contribution in [3.05, 3.63) is 83.9 Å². The van der Waals surface area contributed by atoms with Gasteiger partial charge in [0.25, 0.3) is 0 Å². The third kappa shape index (κ3) is 3.04. The highest BCUT2D eigenvalue weighted by molar-refractivity contribution is 6.31. The smallest absolute Gasteiger partial charge is 0.0571 e. The summed E-state index contributed by atoms with van der Waals surface area (Å²) >= 11 is 6.37. The molecular formula is C24H22ClN. The van der Waals surface area contributed by atoms with Crippen molar-refractivity contribution >= 4 is 22.5 Å². The Balaban J connectivity index is 2.13. The standard InChI is InChI=1S/C24H22ClN/c1-17(2)16-26-22-15-20(25)13-14-21(22)23(18-9-5-3-6-10-18)24(26)19-11-7-4-8-12-19/h3-15,17H,16H2,1-2H3. The number of fused-ring (bicyclic) bond motifs is 1. The monoisotopic (exact) mass is 359 g/mol. The largest absolute Gasteiger partial charge is 0.340 e. The fourth-order valence-corrected chi connectivity index (χ4v) is 3.84. The van der Waals surface area contributed by atoms with E-state index in [1.807, 2.05) is 6.07 Å². The first-order valence-electron chi connectivity index (χ1n) is 9.07. The van der Waals surface area contributed by atoms with E-state index in [9.17, 15) is 0 Å². The van der Waals surface area contributed by atoms with E-state index in [-0.39, 0.29) is 0 Å². The molecule has 0 saturated heterocycles. The number of halogens is 1. The molecular weight excluding hydrogens is 338 g/mol. The van der Waals surface area contributed by atoms with Crippen molar-refractivity contribution in [3.63, 3.8) is 0 Å². The maximum Gasteiger partial charge on any atom is 0.0571 e. The van der Waals surface area contributed by atoms with Gasteiger partial charge in [0.15, 0.2) is 0 Å². The van der Waals surface area contributed by atoms with Gasteiger partial charge in [0.05, 0.1) is 11.2 Å². The molecule has 0 radical (unpaired) electrons. The summed E-state index contributed by atoms with van der Waals surface area (Å²) in [6.45, 7) is 5.47. The Kier molecular flexibility index (Phi) is 4.57. The maximum absolute atomic E-state index is 6.37. The summed E-state index contributed by atoms with van der Waals surface area (Å²) in [7, 11) is 0. The molecule has 1 aromatic heterocycles. The molecule has 4 aromatic rings. The lowest BCUT2D eigenvalue weighted by atomic mass is 9.98. The predicted octanol–water partition coefficient (Wildman–Crippen LogP) is 7.28. The van der Waals surface area contributed by atoms with E-state index in [0.29, 0.717) is 5.92 Å². The molecule has 0 aliphatic rings. The normalized spacial score (nSPS) is 11.4. The summed E-state index contributed by atoms with van der Waals surface area (Å²) in [4.78, 5) is 0. The van der Waals surface area contributed by atoms with Crippen LogP contribution in [-0.2, 0) is 6.54 Å². The molecule has 0 aliphatic heterocycles. The Morgan fingerprint density at radius 1 is 0.808 bits per heavy atom. The summed E-state index contributed by atoms with van der Waals surface area (Å²) in [5.74, 6) is 0.538. The highest BCUT2D eigenvalue weighted by atomic mass is 35.5. The Hall–Kier alpha value is -2.51. The van der Waals surface area contributed by atoms with E-state index in [4.69, 9.17) is 11.6 Å². The second-order valence-corrected chi connectivity index (χ2v) is 7.56. The molecule has 0 unspecified atom stereocenters. The topological polar surface area (TPSA) is 4.93 Å². The lowest BCUT2D eigenvalue weighted by molar-refractivity contribution is 0.539. The second-order valence-electron chi connectivity index (χ2n) is 7.12. The second kappa shape index (κ2) is 7.01. The molecule has 3 aromatic carbocycles. The van der Waals surface area contributed by atoms with E-state index in [2.05, 4.69) is 91.2 Å². The van der Waals surface area contributed by atoms with Gasteiger partial charge in [-0.15, -0.1) is 0 Å². The van der Waals surface area contributed by atoms with Crippen LogP contribution in [0.5, 0.6) is 0 Å². The van der Waals surface area contributed by atoms with E-state index in [1.54, 1.807) is 0 Å². The van der Waals surface area contributed by atoms with E-state index < -0.39 is 0 Å². The first kappa shape index (κ1) is 16.9. The van der Waals surface area contributed by atoms with Crippen molar-refractivity contribution < 1.29 is 0 Å². The van der Waals surface area contributed by atoms with Crippen molar-refractivity contribution in [1.29, 1.82) is 0 Å². The van der Waals surface area contributed by atoms with Crippen LogP contribution < -0.4 is 0 Å². The first-order chi connectivity index (χ1) is 12.6. The van der Waals surface area contributed by atoms with E-state index >= 15 is 0 Å². The SMILES string of the molecule is CC(C)Cn1c(-c2ccccc2)c(-c2ccccc2)c2ccc(Cl)cc21. The van der Waals surface area contributed by atoms with E-state index in [0.717, 1.165) is 11.6 Å². The molecule has 2 heteroatoms. The molecule has 0 N–H and O–H groups in total. The van der Waals surface area contributed by atoms with Crippen LogP contribution in [0.1, 0.15) is 13.8 Å². The van der Waals surface area contributed by atoms with Gasteiger partial charge in [-0.05, 0) is 29.2 Å². The van der Waals surface area contributed by atoms with Gasteiger partial charge in [0.2, 0.25) is 0 Å². The average molecular weight is 360 g/mol. The van der Waals surface area contributed by atoms with Crippen LogP contribution in [0.25, 0.3) is 33.3 Å². The van der Waals surface area contributed by atoms with Gasteiger partial charge < -0.3 is 4.57 Å². The van der Waals surface area contributed by atoms with Crippen molar-refractivity contribution in [1.82, 2.24) is 4.57 Å². The van der Waals surface area contributed by atoms with Crippen molar-refractivity contribution in [2.24, 2.45) is 5.92 Å². The quantitative estimate of drug-likeness (QED) is 0.360. The van der Waals surface area contributed by atoms with Crippen LogP contribution in [-0.4, -0.2) is 4.57 Å². The minimum atomic E-state index is 0.538. The van der Waals surface area contributed by atoms with Crippen LogP contribution in [0.2, 0.25) is 5.02 Å². The minimum absolute atomic E-state index is 0.538. The summed E-state index contributed by atoms with van der Waals surface area (Å²) in [6.07, 6.45) is 0. The number of aromatic nitrogens is 1. The zero-order valence-corrected chi connectivity index (χ0v) is 15.9. The fraction of sp³-hybridized carbons (Fsp3) is 0.167. The highest BCUT2D eigenvalue weighted by Crippen LogP contribution is 2.42. The highest BCUT2D eigenvalue weighted by Gasteiger charge is 2.20. The third-order valence-electron chi connectivity index (χ3n) is 4.68. The van der Waals surface area contributed by atoms with Crippen molar-refractivity contribution in [2.45, 2.75) is 20.4 Å².